The first-order valence-corrected chi connectivity index (χ1v) is 5.34. The number of rotatable bonds is 5. The smallest absolute Gasteiger partial charge is 0.130 e. The molecular formula is C12H19ClFNO. The molecule has 92 valence electrons. The molecule has 0 bridgehead atoms. The first-order chi connectivity index (χ1) is 7.17. The van der Waals surface area contributed by atoms with Gasteiger partial charge in [-0.3, -0.25) is 0 Å². The van der Waals surface area contributed by atoms with Crippen molar-refractivity contribution in [3.63, 3.8) is 0 Å². The third kappa shape index (κ3) is 4.37. The van der Waals surface area contributed by atoms with Crippen molar-refractivity contribution in [2.24, 2.45) is 5.73 Å². The molecule has 1 aromatic rings. The maximum atomic E-state index is 13.5. The van der Waals surface area contributed by atoms with Crippen molar-refractivity contribution in [2.45, 2.75) is 32.7 Å². The van der Waals surface area contributed by atoms with E-state index < -0.39 is 0 Å². The van der Waals surface area contributed by atoms with Gasteiger partial charge in [-0.2, -0.15) is 0 Å². The van der Waals surface area contributed by atoms with Gasteiger partial charge in [-0.15, -0.1) is 12.4 Å². The summed E-state index contributed by atoms with van der Waals surface area (Å²) in [6, 6.07) is 4.97. The second-order valence-electron chi connectivity index (χ2n) is 3.56. The monoisotopic (exact) mass is 247 g/mol. The number of ether oxygens (including phenoxy) is 1. The van der Waals surface area contributed by atoms with Crippen LogP contribution in [0.5, 0.6) is 5.75 Å². The Labute approximate surface area is 102 Å². The first kappa shape index (κ1) is 15.2. The Balaban J connectivity index is 0.00000225. The van der Waals surface area contributed by atoms with E-state index in [1.54, 1.807) is 12.1 Å². The van der Waals surface area contributed by atoms with Crippen LogP contribution >= 0.6 is 12.4 Å². The van der Waals surface area contributed by atoms with Gasteiger partial charge in [0.25, 0.3) is 0 Å². The van der Waals surface area contributed by atoms with Crippen LogP contribution in [0, 0.1) is 5.82 Å². The molecular weight excluding hydrogens is 229 g/mol. The van der Waals surface area contributed by atoms with E-state index >= 15 is 0 Å². The average molecular weight is 248 g/mol. The Bertz CT molecular complexity index is 320. The lowest BCUT2D eigenvalue weighted by atomic mass is 10.0. The van der Waals surface area contributed by atoms with E-state index in [4.69, 9.17) is 10.5 Å². The molecule has 1 aromatic carbocycles. The fourth-order valence-electron chi connectivity index (χ4n) is 1.38. The number of benzene rings is 1. The van der Waals surface area contributed by atoms with Crippen molar-refractivity contribution in [1.82, 2.24) is 0 Å². The maximum Gasteiger partial charge on any atom is 0.130 e. The second kappa shape index (κ2) is 7.47. The standard InChI is InChI=1S/C12H18FNO.ClH/c1-3-10(14)7-9-5-6-11(15-4-2)8-12(9)13;/h5-6,8,10H,3-4,7,14H2,1-2H3;1H. The molecule has 2 nitrogen and oxygen atoms in total. The van der Waals surface area contributed by atoms with Gasteiger partial charge in [0.1, 0.15) is 11.6 Å². The molecule has 0 saturated heterocycles. The van der Waals surface area contributed by atoms with Gasteiger partial charge < -0.3 is 10.5 Å². The Morgan fingerprint density at radius 1 is 1.38 bits per heavy atom. The Kier molecular flexibility index (Phi) is 7.10. The van der Waals surface area contributed by atoms with Crippen molar-refractivity contribution in [2.75, 3.05) is 6.61 Å². The van der Waals surface area contributed by atoms with Crippen LogP contribution in [0.15, 0.2) is 18.2 Å². The molecule has 0 saturated carbocycles. The molecule has 0 fully saturated rings. The topological polar surface area (TPSA) is 35.2 Å². The molecule has 0 aliphatic heterocycles. The normalized spacial score (nSPS) is 11.8. The molecule has 1 atom stereocenters. The zero-order valence-corrected chi connectivity index (χ0v) is 10.5. The quantitative estimate of drug-likeness (QED) is 0.868. The zero-order valence-electron chi connectivity index (χ0n) is 9.70. The van der Waals surface area contributed by atoms with Gasteiger partial charge >= 0.3 is 0 Å². The highest BCUT2D eigenvalue weighted by Crippen LogP contribution is 2.18. The predicted molar refractivity (Wildman–Crippen MR) is 66.8 cm³/mol. The van der Waals surface area contributed by atoms with E-state index in [9.17, 15) is 4.39 Å². The van der Waals surface area contributed by atoms with Gasteiger partial charge in [-0.05, 0) is 31.4 Å². The molecule has 0 aliphatic rings. The Morgan fingerprint density at radius 2 is 2.06 bits per heavy atom. The van der Waals surface area contributed by atoms with E-state index in [0.717, 1.165) is 6.42 Å². The first-order valence-electron chi connectivity index (χ1n) is 5.34. The number of hydrogen-bond acceptors (Lipinski definition) is 2. The van der Waals surface area contributed by atoms with Gasteiger partial charge in [-0.25, -0.2) is 4.39 Å². The van der Waals surface area contributed by atoms with E-state index in [0.29, 0.717) is 24.3 Å². The summed E-state index contributed by atoms with van der Waals surface area (Å²) in [5.74, 6) is 0.341. The summed E-state index contributed by atoms with van der Waals surface area (Å²) in [5, 5.41) is 0. The highest BCUT2D eigenvalue weighted by atomic mass is 35.5. The predicted octanol–water partition coefficient (Wildman–Crippen LogP) is 2.93. The third-order valence-electron chi connectivity index (χ3n) is 2.34. The van der Waals surface area contributed by atoms with Crippen LogP contribution in [-0.2, 0) is 6.42 Å². The SMILES string of the molecule is CCOc1ccc(CC(N)CC)c(F)c1.Cl. The van der Waals surface area contributed by atoms with E-state index in [1.807, 2.05) is 13.8 Å². The summed E-state index contributed by atoms with van der Waals surface area (Å²) in [4.78, 5) is 0. The summed E-state index contributed by atoms with van der Waals surface area (Å²) in [6.45, 7) is 4.42. The van der Waals surface area contributed by atoms with E-state index in [1.165, 1.54) is 6.07 Å². The van der Waals surface area contributed by atoms with Crippen LogP contribution < -0.4 is 10.5 Å². The van der Waals surface area contributed by atoms with Crippen LogP contribution in [0.3, 0.4) is 0 Å². The Morgan fingerprint density at radius 3 is 2.56 bits per heavy atom. The highest BCUT2D eigenvalue weighted by molar-refractivity contribution is 5.85. The summed E-state index contributed by atoms with van der Waals surface area (Å²) >= 11 is 0. The summed E-state index contributed by atoms with van der Waals surface area (Å²) in [7, 11) is 0. The minimum Gasteiger partial charge on any atom is -0.494 e. The lowest BCUT2D eigenvalue weighted by Crippen LogP contribution is -2.21. The third-order valence-corrected chi connectivity index (χ3v) is 2.34. The largest absolute Gasteiger partial charge is 0.494 e. The Hall–Kier alpha value is -0.800. The van der Waals surface area contributed by atoms with Crippen LogP contribution in [0.1, 0.15) is 25.8 Å². The highest BCUT2D eigenvalue weighted by Gasteiger charge is 2.07. The molecule has 16 heavy (non-hydrogen) atoms. The van der Waals surface area contributed by atoms with Gasteiger partial charge in [0.2, 0.25) is 0 Å². The molecule has 2 N–H and O–H groups in total. The van der Waals surface area contributed by atoms with E-state index in [-0.39, 0.29) is 24.3 Å². The zero-order chi connectivity index (χ0) is 11.3. The van der Waals surface area contributed by atoms with Crippen LogP contribution in [0.2, 0.25) is 0 Å². The van der Waals surface area contributed by atoms with Crippen molar-refractivity contribution >= 4 is 12.4 Å². The summed E-state index contributed by atoms with van der Waals surface area (Å²) in [6.07, 6.45) is 1.43. The maximum absolute atomic E-state index is 13.5. The average Bonchev–Trinajstić information content (AvgIpc) is 2.22. The fraction of sp³-hybridized carbons (Fsp3) is 0.500. The van der Waals surface area contributed by atoms with Crippen molar-refractivity contribution < 1.29 is 9.13 Å². The number of nitrogens with two attached hydrogens (primary N) is 1. The molecule has 1 unspecified atom stereocenters. The summed E-state index contributed by atoms with van der Waals surface area (Å²) < 4.78 is 18.7. The van der Waals surface area contributed by atoms with Gasteiger partial charge in [-0.1, -0.05) is 13.0 Å². The minimum absolute atomic E-state index is 0. The van der Waals surface area contributed by atoms with Gasteiger partial charge in [0, 0.05) is 12.1 Å². The minimum atomic E-state index is -0.232. The molecule has 0 radical (unpaired) electrons. The van der Waals surface area contributed by atoms with Crippen LogP contribution in [-0.4, -0.2) is 12.6 Å². The number of hydrogen-bond donors (Lipinski definition) is 1. The molecule has 0 amide bonds. The van der Waals surface area contributed by atoms with Gasteiger partial charge in [0.15, 0.2) is 0 Å². The van der Waals surface area contributed by atoms with Crippen LogP contribution in [0.4, 0.5) is 4.39 Å². The van der Waals surface area contributed by atoms with Crippen molar-refractivity contribution in [3.05, 3.63) is 29.6 Å². The molecule has 0 aliphatic carbocycles. The molecule has 1 rings (SSSR count). The lowest BCUT2D eigenvalue weighted by molar-refractivity contribution is 0.338. The number of halogens is 2. The fourth-order valence-corrected chi connectivity index (χ4v) is 1.38. The molecule has 0 aromatic heterocycles. The molecule has 0 spiro atoms. The lowest BCUT2D eigenvalue weighted by Gasteiger charge is -2.10. The van der Waals surface area contributed by atoms with E-state index in [2.05, 4.69) is 0 Å². The van der Waals surface area contributed by atoms with Crippen LogP contribution in [0.25, 0.3) is 0 Å². The van der Waals surface area contributed by atoms with Crippen molar-refractivity contribution in [1.29, 1.82) is 0 Å². The summed E-state index contributed by atoms with van der Waals surface area (Å²) in [5.41, 5.74) is 6.43. The molecule has 0 heterocycles. The van der Waals surface area contributed by atoms with Crippen molar-refractivity contribution in [3.8, 4) is 5.75 Å². The second-order valence-corrected chi connectivity index (χ2v) is 3.56. The van der Waals surface area contributed by atoms with Gasteiger partial charge in [0.05, 0.1) is 6.61 Å². The molecule has 4 heteroatoms.